The van der Waals surface area contributed by atoms with E-state index < -0.39 is 11.8 Å². The van der Waals surface area contributed by atoms with Crippen LogP contribution in [0, 0.1) is 12.7 Å². The minimum atomic E-state index is -1.13. The number of nitrogens with zero attached hydrogens (tertiary/aromatic N) is 1. The normalized spacial score (nSPS) is 10.9. The van der Waals surface area contributed by atoms with Gasteiger partial charge < -0.3 is 5.11 Å². The van der Waals surface area contributed by atoms with Crippen molar-refractivity contribution in [2.75, 3.05) is 0 Å². The van der Waals surface area contributed by atoms with Crippen molar-refractivity contribution in [3.8, 4) is 0 Å². The molecular weight excluding hydrogens is 285 g/mol. The Morgan fingerprint density at radius 1 is 1.67 bits per heavy atom. The number of benzene rings is 1. The standard InChI is InChI=1S/C9H5BrFNO2S/c1-3-4(8(13)14)2-5-7(6(3)11)12-9(10)15-5/h2H,1H3,(H,13,14). The molecule has 15 heavy (non-hydrogen) atoms. The number of aromatic nitrogens is 1. The molecule has 0 atom stereocenters. The zero-order valence-corrected chi connectivity index (χ0v) is 9.95. The molecule has 0 saturated heterocycles. The largest absolute Gasteiger partial charge is 0.478 e. The van der Waals surface area contributed by atoms with E-state index in [2.05, 4.69) is 20.9 Å². The van der Waals surface area contributed by atoms with Crippen molar-refractivity contribution in [1.82, 2.24) is 4.98 Å². The summed E-state index contributed by atoms with van der Waals surface area (Å²) in [6.45, 7) is 1.44. The zero-order chi connectivity index (χ0) is 11.2. The lowest BCUT2D eigenvalue weighted by Crippen LogP contribution is -2.01. The molecule has 2 rings (SSSR count). The number of hydrogen-bond donors (Lipinski definition) is 1. The molecule has 0 unspecified atom stereocenters. The maximum Gasteiger partial charge on any atom is 0.336 e. The van der Waals surface area contributed by atoms with Gasteiger partial charge in [-0.15, -0.1) is 11.3 Å². The highest BCUT2D eigenvalue weighted by atomic mass is 79.9. The van der Waals surface area contributed by atoms with Crippen molar-refractivity contribution in [1.29, 1.82) is 0 Å². The van der Waals surface area contributed by atoms with E-state index in [1.807, 2.05) is 0 Å². The lowest BCUT2D eigenvalue weighted by molar-refractivity contribution is 0.0695. The van der Waals surface area contributed by atoms with Gasteiger partial charge in [0.05, 0.1) is 10.3 Å². The van der Waals surface area contributed by atoms with Crippen molar-refractivity contribution < 1.29 is 14.3 Å². The van der Waals surface area contributed by atoms with E-state index in [4.69, 9.17) is 5.11 Å². The van der Waals surface area contributed by atoms with Crippen molar-refractivity contribution in [3.63, 3.8) is 0 Å². The first kappa shape index (κ1) is 10.5. The van der Waals surface area contributed by atoms with E-state index in [1.165, 1.54) is 24.3 Å². The average molecular weight is 290 g/mol. The molecule has 0 fully saturated rings. The fraction of sp³-hybridized carbons (Fsp3) is 0.111. The fourth-order valence-electron chi connectivity index (χ4n) is 1.32. The second-order valence-electron chi connectivity index (χ2n) is 2.98. The molecule has 0 saturated carbocycles. The van der Waals surface area contributed by atoms with Crippen molar-refractivity contribution >= 4 is 43.5 Å². The molecule has 0 radical (unpaired) electrons. The number of carboxylic acid groups (broad SMARTS) is 1. The number of hydrogen-bond acceptors (Lipinski definition) is 3. The Bertz CT molecular complexity index is 567. The van der Waals surface area contributed by atoms with Gasteiger partial charge in [-0.25, -0.2) is 14.2 Å². The Hall–Kier alpha value is -1.01. The van der Waals surface area contributed by atoms with Crippen LogP contribution in [0.2, 0.25) is 0 Å². The van der Waals surface area contributed by atoms with Gasteiger partial charge in [-0.3, -0.25) is 0 Å². The molecule has 0 spiro atoms. The maximum absolute atomic E-state index is 13.7. The molecule has 78 valence electrons. The highest BCUT2D eigenvalue weighted by Crippen LogP contribution is 2.31. The summed E-state index contributed by atoms with van der Waals surface area (Å²) in [4.78, 5) is 14.8. The number of fused-ring (bicyclic) bond motifs is 1. The highest BCUT2D eigenvalue weighted by molar-refractivity contribution is 9.11. The van der Waals surface area contributed by atoms with Crippen LogP contribution in [-0.2, 0) is 0 Å². The zero-order valence-electron chi connectivity index (χ0n) is 7.54. The molecule has 3 nitrogen and oxygen atoms in total. The number of aromatic carboxylic acids is 1. The van der Waals surface area contributed by atoms with Crippen molar-refractivity contribution in [3.05, 3.63) is 26.9 Å². The van der Waals surface area contributed by atoms with Crippen molar-refractivity contribution in [2.45, 2.75) is 6.92 Å². The Balaban J connectivity index is 2.87. The molecule has 6 heteroatoms. The molecule has 0 aliphatic carbocycles. The summed E-state index contributed by atoms with van der Waals surface area (Å²) in [7, 11) is 0. The topological polar surface area (TPSA) is 50.2 Å². The number of carboxylic acids is 1. The van der Waals surface area contributed by atoms with Gasteiger partial charge in [-0.05, 0) is 28.9 Å². The van der Waals surface area contributed by atoms with Crippen molar-refractivity contribution in [2.24, 2.45) is 0 Å². The molecule has 2 aromatic rings. The van der Waals surface area contributed by atoms with Gasteiger partial charge in [0.25, 0.3) is 0 Å². The molecular formula is C9H5BrFNO2S. The summed E-state index contributed by atoms with van der Waals surface area (Å²) in [5, 5.41) is 8.86. The van der Waals surface area contributed by atoms with E-state index >= 15 is 0 Å². The lowest BCUT2D eigenvalue weighted by Gasteiger charge is -2.01. The van der Waals surface area contributed by atoms with E-state index in [-0.39, 0.29) is 16.6 Å². The summed E-state index contributed by atoms with van der Waals surface area (Å²) in [5.41, 5.74) is 0.318. The molecule has 0 bridgehead atoms. The minimum Gasteiger partial charge on any atom is -0.478 e. The summed E-state index contributed by atoms with van der Waals surface area (Å²) < 4.78 is 14.8. The van der Waals surface area contributed by atoms with Gasteiger partial charge in [0.1, 0.15) is 5.52 Å². The number of rotatable bonds is 1. The Labute approximate surface area is 96.7 Å². The van der Waals surface area contributed by atoms with Crippen LogP contribution in [0.1, 0.15) is 15.9 Å². The number of carbonyl (C=O) groups is 1. The van der Waals surface area contributed by atoms with Gasteiger partial charge in [0.2, 0.25) is 0 Å². The summed E-state index contributed by atoms with van der Waals surface area (Å²) in [5.74, 6) is -1.69. The third kappa shape index (κ3) is 1.63. The fourth-order valence-corrected chi connectivity index (χ4v) is 2.74. The second-order valence-corrected chi connectivity index (χ2v) is 5.29. The number of thiazole rings is 1. The predicted octanol–water partition coefficient (Wildman–Crippen LogP) is 3.20. The first-order valence-corrected chi connectivity index (χ1v) is 5.60. The molecule has 1 aromatic carbocycles. The van der Waals surface area contributed by atoms with E-state index in [0.29, 0.717) is 8.62 Å². The quantitative estimate of drug-likeness (QED) is 0.877. The minimum absolute atomic E-state index is 0.0175. The molecule has 1 heterocycles. The summed E-state index contributed by atoms with van der Waals surface area (Å²) >= 11 is 4.35. The third-order valence-electron chi connectivity index (χ3n) is 2.07. The van der Waals surface area contributed by atoms with Crippen LogP contribution in [0.3, 0.4) is 0 Å². The van der Waals surface area contributed by atoms with Crippen LogP contribution in [-0.4, -0.2) is 16.1 Å². The third-order valence-corrected chi connectivity index (χ3v) is 3.53. The van der Waals surface area contributed by atoms with E-state index in [9.17, 15) is 9.18 Å². The SMILES string of the molecule is Cc1c(C(=O)O)cc2sc(Br)nc2c1F. The molecule has 0 aliphatic rings. The van der Waals surface area contributed by atoms with Crippen LogP contribution in [0.25, 0.3) is 10.2 Å². The van der Waals surface area contributed by atoms with Crippen LogP contribution in [0.5, 0.6) is 0 Å². The molecule has 0 amide bonds. The van der Waals surface area contributed by atoms with Crippen LogP contribution in [0.15, 0.2) is 9.98 Å². The molecule has 0 aliphatic heterocycles. The first-order chi connectivity index (χ1) is 7.00. The van der Waals surface area contributed by atoms with Gasteiger partial charge in [0.15, 0.2) is 9.73 Å². The Morgan fingerprint density at radius 3 is 2.93 bits per heavy atom. The van der Waals surface area contributed by atoms with Crippen LogP contribution in [0.4, 0.5) is 4.39 Å². The Kier molecular flexibility index (Phi) is 2.47. The predicted molar refractivity (Wildman–Crippen MR) is 59.0 cm³/mol. The van der Waals surface area contributed by atoms with E-state index in [0.717, 1.165) is 0 Å². The molecule has 1 aromatic heterocycles. The summed E-state index contributed by atoms with van der Waals surface area (Å²) in [6.07, 6.45) is 0. The van der Waals surface area contributed by atoms with E-state index in [1.54, 1.807) is 0 Å². The lowest BCUT2D eigenvalue weighted by atomic mass is 10.1. The van der Waals surface area contributed by atoms with Gasteiger partial charge >= 0.3 is 5.97 Å². The van der Waals surface area contributed by atoms with Crippen LogP contribution >= 0.6 is 27.3 Å². The average Bonchev–Trinajstić information content (AvgIpc) is 2.52. The first-order valence-electron chi connectivity index (χ1n) is 3.99. The molecule has 1 N–H and O–H groups in total. The van der Waals surface area contributed by atoms with Gasteiger partial charge in [-0.2, -0.15) is 0 Å². The van der Waals surface area contributed by atoms with Crippen LogP contribution < -0.4 is 0 Å². The second kappa shape index (κ2) is 3.53. The highest BCUT2D eigenvalue weighted by Gasteiger charge is 2.17. The monoisotopic (exact) mass is 289 g/mol. The Morgan fingerprint density at radius 2 is 2.33 bits per heavy atom. The smallest absolute Gasteiger partial charge is 0.336 e. The van der Waals surface area contributed by atoms with Gasteiger partial charge in [-0.1, -0.05) is 0 Å². The number of halogens is 2. The maximum atomic E-state index is 13.7. The summed E-state index contributed by atoms with van der Waals surface area (Å²) in [6, 6.07) is 1.44. The van der Waals surface area contributed by atoms with Gasteiger partial charge in [0, 0.05) is 5.56 Å².